The van der Waals surface area contributed by atoms with Crippen LogP contribution < -0.4 is 5.32 Å². The van der Waals surface area contributed by atoms with Gasteiger partial charge in [-0.1, -0.05) is 0 Å². The Labute approximate surface area is 122 Å². The topological polar surface area (TPSA) is 50.8 Å². The van der Waals surface area contributed by atoms with Crippen molar-refractivity contribution in [2.24, 2.45) is 0 Å². The molecule has 2 aliphatic rings. The molecule has 0 bridgehead atoms. The summed E-state index contributed by atoms with van der Waals surface area (Å²) >= 11 is 0. The summed E-state index contributed by atoms with van der Waals surface area (Å²) in [5, 5.41) is 2.89. The minimum atomic E-state index is -0.433. The highest BCUT2D eigenvalue weighted by Gasteiger charge is 2.29. The Morgan fingerprint density at radius 2 is 2.15 bits per heavy atom. The Balaban J connectivity index is 1.72. The predicted molar refractivity (Wildman–Crippen MR) is 77.8 cm³/mol. The Kier molecular flexibility index (Phi) is 5.27. The van der Waals surface area contributed by atoms with Gasteiger partial charge in [-0.3, -0.25) is 4.90 Å². The van der Waals surface area contributed by atoms with Gasteiger partial charge in [0.15, 0.2) is 0 Å². The largest absolute Gasteiger partial charge is 0.444 e. The fraction of sp³-hybridized carbons (Fsp3) is 0.933. The number of amides is 1. The minimum Gasteiger partial charge on any atom is -0.444 e. The third kappa shape index (κ3) is 4.94. The molecule has 0 saturated carbocycles. The van der Waals surface area contributed by atoms with Gasteiger partial charge >= 0.3 is 6.09 Å². The number of hydrogen-bond acceptors (Lipinski definition) is 4. The molecule has 2 aliphatic heterocycles. The van der Waals surface area contributed by atoms with Crippen molar-refractivity contribution in [3.63, 3.8) is 0 Å². The molecule has 5 heteroatoms. The molecule has 20 heavy (non-hydrogen) atoms. The summed E-state index contributed by atoms with van der Waals surface area (Å²) in [6.07, 6.45) is 4.76. The summed E-state index contributed by atoms with van der Waals surface area (Å²) in [6.45, 7) is 9.33. The zero-order valence-electron chi connectivity index (χ0n) is 13.0. The molecule has 116 valence electrons. The van der Waals surface area contributed by atoms with Crippen LogP contribution in [0.3, 0.4) is 0 Å². The van der Waals surface area contributed by atoms with E-state index in [1.165, 1.54) is 19.3 Å². The quantitative estimate of drug-likeness (QED) is 0.859. The van der Waals surface area contributed by atoms with Crippen molar-refractivity contribution < 1.29 is 14.3 Å². The third-order valence-corrected chi connectivity index (χ3v) is 3.84. The third-order valence-electron chi connectivity index (χ3n) is 3.84. The lowest BCUT2D eigenvalue weighted by Crippen LogP contribution is -2.44. The molecule has 2 heterocycles. The molecule has 0 aromatic rings. The van der Waals surface area contributed by atoms with Gasteiger partial charge in [-0.15, -0.1) is 0 Å². The number of ether oxygens (including phenoxy) is 2. The van der Waals surface area contributed by atoms with E-state index in [0.29, 0.717) is 18.7 Å². The average molecular weight is 284 g/mol. The van der Waals surface area contributed by atoms with Crippen LogP contribution in [0.5, 0.6) is 0 Å². The van der Waals surface area contributed by atoms with Gasteiger partial charge in [0.2, 0.25) is 0 Å². The first-order valence-electron chi connectivity index (χ1n) is 7.76. The maximum absolute atomic E-state index is 11.7. The van der Waals surface area contributed by atoms with E-state index in [0.717, 1.165) is 26.1 Å². The second-order valence-electron chi connectivity index (χ2n) is 6.81. The second kappa shape index (κ2) is 6.76. The van der Waals surface area contributed by atoms with Crippen molar-refractivity contribution in [2.75, 3.05) is 26.2 Å². The lowest BCUT2D eigenvalue weighted by atomic mass is 10.2. The van der Waals surface area contributed by atoms with Gasteiger partial charge < -0.3 is 14.8 Å². The smallest absolute Gasteiger partial charge is 0.407 e. The fourth-order valence-corrected chi connectivity index (χ4v) is 2.93. The minimum absolute atomic E-state index is 0.318. The molecule has 5 nitrogen and oxygen atoms in total. The molecule has 0 aromatic carbocycles. The molecule has 0 aliphatic carbocycles. The van der Waals surface area contributed by atoms with Gasteiger partial charge in [0.05, 0.1) is 6.10 Å². The SMILES string of the molecule is CC(C)(C)OC(=O)NC[C@@H]1CCCN1C[C@@H]1CCCO1. The summed E-state index contributed by atoms with van der Waals surface area (Å²) in [4.78, 5) is 14.1. The summed E-state index contributed by atoms with van der Waals surface area (Å²) in [6, 6.07) is 0.423. The standard InChI is InChI=1S/C15H28N2O3/c1-15(2,3)20-14(18)16-10-12-6-4-8-17(12)11-13-7-5-9-19-13/h12-13H,4-11H2,1-3H3,(H,16,18)/t12-,13-/m0/s1. The Morgan fingerprint density at radius 1 is 1.35 bits per heavy atom. The fourth-order valence-electron chi connectivity index (χ4n) is 2.93. The molecule has 0 unspecified atom stereocenters. The molecule has 1 amide bonds. The average Bonchev–Trinajstić information content (AvgIpc) is 2.96. The van der Waals surface area contributed by atoms with Crippen LogP contribution >= 0.6 is 0 Å². The van der Waals surface area contributed by atoms with Crippen molar-refractivity contribution in [1.29, 1.82) is 0 Å². The molecule has 0 spiro atoms. The van der Waals surface area contributed by atoms with Gasteiger partial charge in [-0.25, -0.2) is 4.79 Å². The highest BCUT2D eigenvalue weighted by atomic mass is 16.6. The van der Waals surface area contributed by atoms with Crippen LogP contribution in [0.1, 0.15) is 46.5 Å². The van der Waals surface area contributed by atoms with E-state index in [-0.39, 0.29) is 6.09 Å². The molecular weight excluding hydrogens is 256 g/mol. The molecule has 2 atom stereocenters. The van der Waals surface area contributed by atoms with E-state index in [4.69, 9.17) is 9.47 Å². The highest BCUT2D eigenvalue weighted by molar-refractivity contribution is 5.67. The molecule has 2 fully saturated rings. The Bertz CT molecular complexity index is 322. The molecule has 2 saturated heterocycles. The van der Waals surface area contributed by atoms with E-state index < -0.39 is 5.60 Å². The van der Waals surface area contributed by atoms with Crippen molar-refractivity contribution in [3.05, 3.63) is 0 Å². The van der Waals surface area contributed by atoms with Crippen LogP contribution in [-0.2, 0) is 9.47 Å². The first-order valence-corrected chi connectivity index (χ1v) is 7.76. The summed E-state index contributed by atoms with van der Waals surface area (Å²) in [5.74, 6) is 0. The van der Waals surface area contributed by atoms with E-state index >= 15 is 0 Å². The van der Waals surface area contributed by atoms with Gasteiger partial charge in [0, 0.05) is 25.7 Å². The molecule has 1 N–H and O–H groups in total. The molecule has 0 aromatic heterocycles. The van der Waals surface area contributed by atoms with Crippen molar-refractivity contribution in [2.45, 2.75) is 64.2 Å². The van der Waals surface area contributed by atoms with E-state index in [2.05, 4.69) is 10.2 Å². The first-order chi connectivity index (χ1) is 9.44. The number of hydrogen-bond donors (Lipinski definition) is 1. The van der Waals surface area contributed by atoms with Crippen LogP contribution in [0.4, 0.5) is 4.79 Å². The predicted octanol–water partition coefficient (Wildman–Crippen LogP) is 2.15. The zero-order valence-corrected chi connectivity index (χ0v) is 13.0. The van der Waals surface area contributed by atoms with Crippen LogP contribution in [-0.4, -0.2) is 55.0 Å². The van der Waals surface area contributed by atoms with Crippen LogP contribution in [0, 0.1) is 0 Å². The number of alkyl carbamates (subject to hydrolysis) is 1. The number of nitrogens with zero attached hydrogens (tertiary/aromatic N) is 1. The van der Waals surface area contributed by atoms with E-state index in [1.807, 2.05) is 20.8 Å². The highest BCUT2D eigenvalue weighted by Crippen LogP contribution is 2.21. The van der Waals surface area contributed by atoms with Gasteiger partial charge in [0.25, 0.3) is 0 Å². The summed E-state index contributed by atoms with van der Waals surface area (Å²) < 4.78 is 11.0. The normalized spacial score (nSPS) is 27.8. The summed E-state index contributed by atoms with van der Waals surface area (Å²) in [5.41, 5.74) is -0.433. The summed E-state index contributed by atoms with van der Waals surface area (Å²) in [7, 11) is 0. The number of carbonyl (C=O) groups excluding carboxylic acids is 1. The number of likely N-dealkylation sites (tertiary alicyclic amines) is 1. The van der Waals surface area contributed by atoms with E-state index in [9.17, 15) is 4.79 Å². The number of carbonyl (C=O) groups is 1. The Morgan fingerprint density at radius 3 is 2.80 bits per heavy atom. The maximum atomic E-state index is 11.7. The van der Waals surface area contributed by atoms with Crippen molar-refractivity contribution in [1.82, 2.24) is 10.2 Å². The van der Waals surface area contributed by atoms with Crippen molar-refractivity contribution in [3.8, 4) is 0 Å². The lowest BCUT2D eigenvalue weighted by Gasteiger charge is -2.27. The zero-order chi connectivity index (χ0) is 14.6. The molecule has 0 radical (unpaired) electrons. The van der Waals surface area contributed by atoms with Crippen LogP contribution in [0.2, 0.25) is 0 Å². The van der Waals surface area contributed by atoms with Crippen molar-refractivity contribution >= 4 is 6.09 Å². The van der Waals surface area contributed by atoms with Gasteiger partial charge in [-0.05, 0) is 53.0 Å². The monoisotopic (exact) mass is 284 g/mol. The van der Waals surface area contributed by atoms with Gasteiger partial charge in [-0.2, -0.15) is 0 Å². The second-order valence-corrected chi connectivity index (χ2v) is 6.81. The number of nitrogens with one attached hydrogen (secondary N) is 1. The molecular formula is C15H28N2O3. The van der Waals surface area contributed by atoms with Gasteiger partial charge in [0.1, 0.15) is 5.60 Å². The molecule has 2 rings (SSSR count). The van der Waals surface area contributed by atoms with Crippen LogP contribution in [0.25, 0.3) is 0 Å². The lowest BCUT2D eigenvalue weighted by molar-refractivity contribution is 0.0488. The van der Waals surface area contributed by atoms with E-state index in [1.54, 1.807) is 0 Å². The first kappa shape index (κ1) is 15.6. The maximum Gasteiger partial charge on any atom is 0.407 e. The number of rotatable bonds is 4. The van der Waals surface area contributed by atoms with Crippen LogP contribution in [0.15, 0.2) is 0 Å². The Hall–Kier alpha value is -0.810.